The third-order valence-corrected chi connectivity index (χ3v) is 4.33. The second kappa shape index (κ2) is 9.86. The summed E-state index contributed by atoms with van der Waals surface area (Å²) in [6, 6.07) is 10.3. The van der Waals surface area contributed by atoms with Crippen molar-refractivity contribution in [2.45, 2.75) is 39.2 Å². The highest BCUT2D eigenvalue weighted by Gasteiger charge is 2.19. The molecule has 28 heavy (non-hydrogen) atoms. The van der Waals surface area contributed by atoms with Gasteiger partial charge in [-0.05, 0) is 18.1 Å². The summed E-state index contributed by atoms with van der Waals surface area (Å²) >= 11 is 0. The van der Waals surface area contributed by atoms with Crippen molar-refractivity contribution in [1.29, 1.82) is 0 Å². The Labute approximate surface area is 183 Å². The van der Waals surface area contributed by atoms with Gasteiger partial charge < -0.3 is 15.1 Å². The molecule has 1 aromatic carbocycles. The van der Waals surface area contributed by atoms with Gasteiger partial charge in [-0.2, -0.15) is 0 Å². The molecule has 0 spiro atoms. The second-order valence-electron chi connectivity index (χ2n) is 7.46. The van der Waals surface area contributed by atoms with Crippen molar-refractivity contribution in [1.82, 2.24) is 20.6 Å². The van der Waals surface area contributed by atoms with Crippen LogP contribution in [0.4, 0.5) is 0 Å². The number of nitrogens with zero attached hydrogens (tertiary/aromatic N) is 3. The van der Waals surface area contributed by atoms with Crippen molar-refractivity contribution in [3.8, 4) is 0 Å². The highest BCUT2D eigenvalue weighted by Crippen LogP contribution is 2.22. The summed E-state index contributed by atoms with van der Waals surface area (Å²) in [5.41, 5.74) is 2.23. The maximum absolute atomic E-state index is 5.80. The molecule has 0 atom stereocenters. The summed E-state index contributed by atoms with van der Waals surface area (Å²) < 4.78 is 5.80. The van der Waals surface area contributed by atoms with E-state index in [-0.39, 0.29) is 29.4 Å². The molecule has 0 aliphatic rings. The van der Waals surface area contributed by atoms with Crippen LogP contribution in [0, 0.1) is 0 Å². The van der Waals surface area contributed by atoms with Gasteiger partial charge in [-0.15, -0.1) is 24.0 Å². The van der Waals surface area contributed by atoms with Crippen LogP contribution in [0.25, 0.3) is 10.9 Å². The Morgan fingerprint density at radius 2 is 1.89 bits per heavy atom. The first-order chi connectivity index (χ1) is 13.0. The van der Waals surface area contributed by atoms with Gasteiger partial charge in [0.1, 0.15) is 5.76 Å². The number of pyridine rings is 1. The minimum atomic E-state index is -0.0440. The summed E-state index contributed by atoms with van der Waals surface area (Å²) in [5, 5.41) is 7.74. The van der Waals surface area contributed by atoms with E-state index in [1.807, 2.05) is 12.3 Å². The van der Waals surface area contributed by atoms with Gasteiger partial charge in [-0.25, -0.2) is 4.98 Å². The fraction of sp³-hybridized carbons (Fsp3) is 0.381. The molecule has 0 amide bonds. The lowest BCUT2D eigenvalue weighted by molar-refractivity contribution is 0.379. The molecule has 0 fully saturated rings. The molecule has 3 aromatic rings. The van der Waals surface area contributed by atoms with E-state index in [9.17, 15) is 0 Å². The number of rotatable bonds is 5. The molecule has 2 N–H and O–H groups in total. The number of nitrogens with one attached hydrogen (secondary N) is 2. The zero-order chi connectivity index (χ0) is 19.3. The number of oxazole rings is 1. The van der Waals surface area contributed by atoms with Gasteiger partial charge in [0.05, 0.1) is 18.3 Å². The van der Waals surface area contributed by atoms with Gasteiger partial charge in [-0.1, -0.05) is 45.0 Å². The van der Waals surface area contributed by atoms with Crippen molar-refractivity contribution in [2.24, 2.45) is 4.99 Å². The predicted molar refractivity (Wildman–Crippen MR) is 124 cm³/mol. The minimum Gasteiger partial charge on any atom is -0.443 e. The number of aliphatic imine (C=N–C) groups is 1. The third kappa shape index (κ3) is 5.67. The van der Waals surface area contributed by atoms with Crippen LogP contribution >= 0.6 is 24.0 Å². The van der Waals surface area contributed by atoms with Gasteiger partial charge in [-0.3, -0.25) is 9.98 Å². The van der Waals surface area contributed by atoms with Gasteiger partial charge in [0.2, 0.25) is 5.89 Å². The van der Waals surface area contributed by atoms with Crippen molar-refractivity contribution < 1.29 is 4.42 Å². The standard InChI is InChI=1S/C21H27N5O.HI/c1-21(2,3)17-13-25-18(27-17)14-26-20(22-4)24-12-10-16-8-5-7-15-9-6-11-23-19(15)16;/h5-9,11,13H,10,12,14H2,1-4H3,(H2,22,24,26);1H. The van der Waals surface area contributed by atoms with Crippen LogP contribution in [0.2, 0.25) is 0 Å². The fourth-order valence-corrected chi connectivity index (χ4v) is 2.80. The van der Waals surface area contributed by atoms with E-state index in [1.165, 1.54) is 5.56 Å². The zero-order valence-electron chi connectivity index (χ0n) is 16.8. The molecule has 0 unspecified atom stereocenters. The number of para-hydroxylation sites is 1. The monoisotopic (exact) mass is 493 g/mol. The molecule has 0 aliphatic heterocycles. The van der Waals surface area contributed by atoms with Crippen LogP contribution in [0.15, 0.2) is 52.1 Å². The molecule has 6 nitrogen and oxygen atoms in total. The first kappa shape index (κ1) is 22.1. The maximum Gasteiger partial charge on any atom is 0.213 e. The SMILES string of the molecule is CN=C(NCCc1cccc2cccnc12)NCc1ncc(C(C)(C)C)o1.I. The molecule has 150 valence electrons. The topological polar surface area (TPSA) is 75.3 Å². The minimum absolute atomic E-state index is 0. The van der Waals surface area contributed by atoms with Gasteiger partial charge in [0.25, 0.3) is 0 Å². The summed E-state index contributed by atoms with van der Waals surface area (Å²) in [4.78, 5) is 13.1. The molecule has 0 radical (unpaired) electrons. The van der Waals surface area contributed by atoms with Crippen molar-refractivity contribution in [3.63, 3.8) is 0 Å². The summed E-state index contributed by atoms with van der Waals surface area (Å²) in [6.07, 6.45) is 4.49. The molecule has 0 aliphatic carbocycles. The van der Waals surface area contributed by atoms with E-state index in [0.717, 1.165) is 35.6 Å². The molecule has 2 aromatic heterocycles. The Hall–Kier alpha value is -2.16. The Morgan fingerprint density at radius 3 is 2.61 bits per heavy atom. The molecule has 0 saturated heterocycles. The van der Waals surface area contributed by atoms with Crippen LogP contribution in [-0.4, -0.2) is 29.5 Å². The Kier molecular flexibility index (Phi) is 7.79. The lowest BCUT2D eigenvalue weighted by Crippen LogP contribution is -2.37. The Morgan fingerprint density at radius 1 is 1.11 bits per heavy atom. The number of hydrogen-bond donors (Lipinski definition) is 2. The average molecular weight is 493 g/mol. The van der Waals surface area contributed by atoms with Gasteiger partial charge in [0.15, 0.2) is 5.96 Å². The smallest absolute Gasteiger partial charge is 0.213 e. The number of benzene rings is 1. The maximum atomic E-state index is 5.80. The highest BCUT2D eigenvalue weighted by atomic mass is 127. The molecule has 3 rings (SSSR count). The normalized spacial score (nSPS) is 11.9. The van der Waals surface area contributed by atoms with E-state index < -0.39 is 0 Å². The molecule has 0 bridgehead atoms. The van der Waals surface area contributed by atoms with Gasteiger partial charge >= 0.3 is 0 Å². The van der Waals surface area contributed by atoms with Crippen LogP contribution < -0.4 is 10.6 Å². The van der Waals surface area contributed by atoms with E-state index >= 15 is 0 Å². The van der Waals surface area contributed by atoms with E-state index in [0.29, 0.717) is 12.4 Å². The number of guanidine groups is 1. The first-order valence-corrected chi connectivity index (χ1v) is 9.19. The van der Waals surface area contributed by atoms with E-state index in [2.05, 4.69) is 70.6 Å². The van der Waals surface area contributed by atoms with Gasteiger partial charge in [0, 0.05) is 30.6 Å². The molecular formula is C21H28IN5O. The van der Waals surface area contributed by atoms with E-state index in [4.69, 9.17) is 4.42 Å². The number of fused-ring (bicyclic) bond motifs is 1. The number of hydrogen-bond acceptors (Lipinski definition) is 4. The quantitative estimate of drug-likeness (QED) is 0.319. The fourth-order valence-electron chi connectivity index (χ4n) is 2.80. The van der Waals surface area contributed by atoms with Crippen molar-refractivity contribution in [3.05, 3.63) is 59.9 Å². The van der Waals surface area contributed by atoms with Crippen LogP contribution in [0.1, 0.15) is 38.0 Å². The van der Waals surface area contributed by atoms with Crippen molar-refractivity contribution >= 4 is 40.8 Å². The van der Waals surface area contributed by atoms with Crippen LogP contribution in [-0.2, 0) is 18.4 Å². The average Bonchev–Trinajstić information content (AvgIpc) is 3.14. The Balaban J connectivity index is 0.00000280. The molecule has 0 saturated carbocycles. The lowest BCUT2D eigenvalue weighted by atomic mass is 9.94. The second-order valence-corrected chi connectivity index (χ2v) is 7.46. The first-order valence-electron chi connectivity index (χ1n) is 9.19. The predicted octanol–water partition coefficient (Wildman–Crippen LogP) is 4.05. The Bertz CT molecular complexity index is 924. The van der Waals surface area contributed by atoms with Crippen molar-refractivity contribution in [2.75, 3.05) is 13.6 Å². The van der Waals surface area contributed by atoms with Crippen LogP contribution in [0.5, 0.6) is 0 Å². The third-order valence-electron chi connectivity index (χ3n) is 4.33. The number of aromatic nitrogens is 2. The summed E-state index contributed by atoms with van der Waals surface area (Å²) in [5.74, 6) is 2.26. The largest absolute Gasteiger partial charge is 0.443 e. The zero-order valence-corrected chi connectivity index (χ0v) is 19.2. The molecule has 7 heteroatoms. The highest BCUT2D eigenvalue weighted by molar-refractivity contribution is 14.0. The van der Waals surface area contributed by atoms with Crippen LogP contribution in [0.3, 0.4) is 0 Å². The summed E-state index contributed by atoms with van der Waals surface area (Å²) in [6.45, 7) is 7.56. The van der Waals surface area contributed by atoms with E-state index in [1.54, 1.807) is 13.2 Å². The molecule has 2 heterocycles. The summed E-state index contributed by atoms with van der Waals surface area (Å²) in [7, 11) is 1.75. The lowest BCUT2D eigenvalue weighted by Gasteiger charge is -2.13. The molecular weight excluding hydrogens is 465 g/mol. The number of halogens is 1.